The Morgan fingerprint density at radius 3 is 2.48 bits per heavy atom. The van der Waals surface area contributed by atoms with Gasteiger partial charge in [-0.15, -0.1) is 0 Å². The summed E-state index contributed by atoms with van der Waals surface area (Å²) in [6, 6.07) is 7.30. The molecule has 0 aromatic heterocycles. The fourth-order valence-electron chi connectivity index (χ4n) is 2.11. The summed E-state index contributed by atoms with van der Waals surface area (Å²) in [4.78, 5) is 24.6. The van der Waals surface area contributed by atoms with E-state index in [2.05, 4.69) is 37.9 Å². The van der Waals surface area contributed by atoms with Crippen molar-refractivity contribution in [2.24, 2.45) is 0 Å². The zero-order chi connectivity index (χ0) is 16.0. The number of amides is 1. The van der Waals surface area contributed by atoms with Gasteiger partial charge >= 0.3 is 5.97 Å². The monoisotopic (exact) mass is 292 g/mol. The topological polar surface area (TPSA) is 69.6 Å². The van der Waals surface area contributed by atoms with Crippen molar-refractivity contribution >= 4 is 11.9 Å². The molecule has 1 amide bonds. The lowest BCUT2D eigenvalue weighted by Gasteiger charge is -2.34. The van der Waals surface area contributed by atoms with Crippen molar-refractivity contribution in [3.8, 4) is 0 Å². The van der Waals surface area contributed by atoms with E-state index in [9.17, 15) is 9.59 Å². The number of hydrogen-bond donors (Lipinski definition) is 2. The zero-order valence-electron chi connectivity index (χ0n) is 13.1. The first-order valence-corrected chi connectivity index (χ1v) is 7.08. The van der Waals surface area contributed by atoms with Crippen LogP contribution in [0.15, 0.2) is 24.3 Å². The van der Waals surface area contributed by atoms with E-state index in [1.54, 1.807) is 6.07 Å². The molecule has 1 aromatic carbocycles. The molecular formula is C16H24N2O3. The van der Waals surface area contributed by atoms with Gasteiger partial charge in [0.05, 0.1) is 0 Å². The Morgan fingerprint density at radius 1 is 1.29 bits per heavy atom. The Morgan fingerprint density at radius 2 is 1.95 bits per heavy atom. The van der Waals surface area contributed by atoms with Gasteiger partial charge in [0.2, 0.25) is 0 Å². The molecule has 0 bridgehead atoms. The van der Waals surface area contributed by atoms with Gasteiger partial charge in [0.1, 0.15) is 6.54 Å². The van der Waals surface area contributed by atoms with Gasteiger partial charge in [-0.1, -0.05) is 19.1 Å². The molecule has 5 heteroatoms. The maximum atomic E-state index is 11.9. The minimum atomic E-state index is -1.05. The van der Waals surface area contributed by atoms with Gasteiger partial charge in [0, 0.05) is 17.6 Å². The van der Waals surface area contributed by atoms with Crippen LogP contribution in [0, 0.1) is 0 Å². The summed E-state index contributed by atoms with van der Waals surface area (Å²) >= 11 is 0. The first-order chi connectivity index (χ1) is 9.74. The minimum Gasteiger partial charge on any atom is -0.480 e. The molecule has 0 unspecified atom stereocenters. The van der Waals surface area contributed by atoms with E-state index >= 15 is 0 Å². The molecular weight excluding hydrogens is 268 g/mol. The second-order valence-electron chi connectivity index (χ2n) is 5.96. The molecule has 1 aromatic rings. The van der Waals surface area contributed by atoms with E-state index in [1.165, 1.54) is 0 Å². The van der Waals surface area contributed by atoms with Crippen molar-refractivity contribution in [1.29, 1.82) is 0 Å². The van der Waals surface area contributed by atoms with Crippen LogP contribution in [0.4, 0.5) is 0 Å². The van der Waals surface area contributed by atoms with Crippen LogP contribution in [0.5, 0.6) is 0 Å². The second kappa shape index (κ2) is 7.22. The average Bonchev–Trinajstić information content (AvgIpc) is 2.41. The predicted molar refractivity (Wildman–Crippen MR) is 82.2 cm³/mol. The first kappa shape index (κ1) is 17.2. The molecule has 0 heterocycles. The number of rotatable bonds is 6. The van der Waals surface area contributed by atoms with Crippen LogP contribution in [0.1, 0.15) is 43.6 Å². The number of carbonyl (C=O) groups excluding carboxylic acids is 1. The number of hydrogen-bond acceptors (Lipinski definition) is 3. The molecule has 116 valence electrons. The molecule has 0 saturated carbocycles. The molecule has 0 spiro atoms. The maximum absolute atomic E-state index is 11.9. The van der Waals surface area contributed by atoms with Crippen LogP contribution in [-0.2, 0) is 11.3 Å². The van der Waals surface area contributed by atoms with Gasteiger partial charge in [-0.2, -0.15) is 0 Å². The van der Waals surface area contributed by atoms with Crippen LogP contribution < -0.4 is 5.32 Å². The van der Waals surface area contributed by atoms with Gasteiger partial charge in [-0.25, -0.2) is 0 Å². The Bertz CT molecular complexity index is 506. The Kier molecular flexibility index (Phi) is 5.90. The number of nitrogens with zero attached hydrogens (tertiary/aromatic N) is 1. The Hall–Kier alpha value is -1.88. The van der Waals surface area contributed by atoms with Crippen LogP contribution in [-0.4, -0.2) is 40.5 Å². The highest BCUT2D eigenvalue weighted by Crippen LogP contribution is 2.17. The van der Waals surface area contributed by atoms with E-state index < -0.39 is 5.97 Å². The van der Waals surface area contributed by atoms with Gasteiger partial charge < -0.3 is 10.4 Å². The molecule has 1 rings (SSSR count). The summed E-state index contributed by atoms with van der Waals surface area (Å²) in [7, 11) is 0. The number of carboxylic acid groups (broad SMARTS) is 1. The molecule has 0 aliphatic carbocycles. The third kappa shape index (κ3) is 5.55. The van der Waals surface area contributed by atoms with Crippen LogP contribution in [0.3, 0.4) is 0 Å². The SMILES string of the molecule is CCN(Cc1cccc(C(=O)NCC(=O)O)c1)C(C)(C)C. The van der Waals surface area contributed by atoms with E-state index in [4.69, 9.17) is 5.11 Å². The summed E-state index contributed by atoms with van der Waals surface area (Å²) < 4.78 is 0. The number of aliphatic carboxylic acids is 1. The third-order valence-electron chi connectivity index (χ3n) is 3.29. The molecule has 0 radical (unpaired) electrons. The van der Waals surface area contributed by atoms with Crippen molar-refractivity contribution in [2.75, 3.05) is 13.1 Å². The van der Waals surface area contributed by atoms with Gasteiger partial charge in [-0.05, 0) is 45.0 Å². The molecule has 21 heavy (non-hydrogen) atoms. The van der Waals surface area contributed by atoms with E-state index in [0.29, 0.717) is 5.56 Å². The third-order valence-corrected chi connectivity index (χ3v) is 3.29. The largest absolute Gasteiger partial charge is 0.480 e. The number of nitrogens with one attached hydrogen (secondary N) is 1. The van der Waals surface area contributed by atoms with E-state index in [-0.39, 0.29) is 18.0 Å². The van der Waals surface area contributed by atoms with Crippen LogP contribution in [0.25, 0.3) is 0 Å². The number of carboxylic acids is 1. The summed E-state index contributed by atoms with van der Waals surface area (Å²) in [5.41, 5.74) is 1.57. The van der Waals surface area contributed by atoms with Crippen molar-refractivity contribution in [2.45, 2.75) is 39.8 Å². The molecule has 0 fully saturated rings. The minimum absolute atomic E-state index is 0.0519. The highest BCUT2D eigenvalue weighted by Gasteiger charge is 2.19. The molecule has 0 aliphatic heterocycles. The van der Waals surface area contributed by atoms with Crippen LogP contribution >= 0.6 is 0 Å². The maximum Gasteiger partial charge on any atom is 0.322 e. The predicted octanol–water partition coefficient (Wildman–Crippen LogP) is 2.12. The molecule has 5 nitrogen and oxygen atoms in total. The van der Waals surface area contributed by atoms with Gasteiger partial charge in [0.25, 0.3) is 5.91 Å². The van der Waals surface area contributed by atoms with Crippen molar-refractivity contribution in [3.63, 3.8) is 0 Å². The quantitative estimate of drug-likeness (QED) is 0.842. The van der Waals surface area contributed by atoms with Gasteiger partial charge in [-0.3, -0.25) is 14.5 Å². The standard InChI is InChI=1S/C16H24N2O3/c1-5-18(16(2,3)4)11-12-7-6-8-13(9-12)15(21)17-10-14(19)20/h6-9H,5,10-11H2,1-4H3,(H,17,21)(H,19,20). The number of carbonyl (C=O) groups is 2. The van der Waals surface area contributed by atoms with Crippen molar-refractivity contribution < 1.29 is 14.7 Å². The number of benzene rings is 1. The lowest BCUT2D eigenvalue weighted by molar-refractivity contribution is -0.135. The lowest BCUT2D eigenvalue weighted by atomic mass is 10.0. The molecule has 0 saturated heterocycles. The molecule has 0 atom stereocenters. The molecule has 0 aliphatic rings. The summed E-state index contributed by atoms with van der Waals surface area (Å²) in [6.45, 7) is 9.86. The summed E-state index contributed by atoms with van der Waals surface area (Å²) in [5, 5.41) is 11.0. The fourth-order valence-corrected chi connectivity index (χ4v) is 2.11. The van der Waals surface area contributed by atoms with Crippen molar-refractivity contribution in [1.82, 2.24) is 10.2 Å². The highest BCUT2D eigenvalue weighted by atomic mass is 16.4. The van der Waals surface area contributed by atoms with Crippen molar-refractivity contribution in [3.05, 3.63) is 35.4 Å². The normalized spacial score (nSPS) is 11.5. The zero-order valence-corrected chi connectivity index (χ0v) is 13.1. The summed E-state index contributed by atoms with van der Waals surface area (Å²) in [5.74, 6) is -1.41. The fraction of sp³-hybridized carbons (Fsp3) is 0.500. The Balaban J connectivity index is 2.80. The van der Waals surface area contributed by atoms with E-state index in [0.717, 1.165) is 18.7 Å². The van der Waals surface area contributed by atoms with Crippen LogP contribution in [0.2, 0.25) is 0 Å². The van der Waals surface area contributed by atoms with E-state index in [1.807, 2.05) is 18.2 Å². The smallest absolute Gasteiger partial charge is 0.322 e. The Labute approximate surface area is 126 Å². The summed E-state index contributed by atoms with van der Waals surface area (Å²) in [6.07, 6.45) is 0. The highest BCUT2D eigenvalue weighted by molar-refractivity contribution is 5.95. The molecule has 2 N–H and O–H groups in total. The first-order valence-electron chi connectivity index (χ1n) is 7.08. The second-order valence-corrected chi connectivity index (χ2v) is 5.96. The van der Waals surface area contributed by atoms with Gasteiger partial charge in [0.15, 0.2) is 0 Å². The average molecular weight is 292 g/mol. The lowest BCUT2D eigenvalue weighted by Crippen LogP contribution is -2.40.